The minimum Gasteiger partial charge on any atom is -0.222 e. The number of thiophene rings is 1. The van der Waals surface area contributed by atoms with Crippen LogP contribution in [-0.4, -0.2) is 29.1 Å². The molecule has 0 saturated heterocycles. The van der Waals surface area contributed by atoms with Crippen molar-refractivity contribution in [2.45, 2.75) is 15.9 Å². The van der Waals surface area contributed by atoms with Crippen LogP contribution in [-0.2, 0) is 26.3 Å². The number of benzene rings is 2. The normalized spacial score (nSPS) is 13.3. The molecule has 0 unspecified atom stereocenters. The Kier molecular flexibility index (Phi) is 6.84. The molecule has 0 bridgehead atoms. The van der Waals surface area contributed by atoms with Crippen molar-refractivity contribution in [3.05, 3.63) is 89.1 Å². The molecule has 154 valence electrons. The molecule has 0 saturated carbocycles. The van der Waals surface area contributed by atoms with E-state index in [9.17, 15) is 21.2 Å². The fourth-order valence-corrected chi connectivity index (χ4v) is 6.86. The van der Waals surface area contributed by atoms with E-state index < -0.39 is 30.9 Å². The van der Waals surface area contributed by atoms with Gasteiger partial charge in [0.1, 0.15) is 15.3 Å². The molecule has 0 aliphatic carbocycles. The van der Waals surface area contributed by atoms with E-state index in [0.29, 0.717) is 12.0 Å². The van der Waals surface area contributed by atoms with Gasteiger partial charge in [0.25, 0.3) is 0 Å². The largest absolute Gasteiger partial charge is 0.222 e. The Bertz CT molecular complexity index is 1130. The summed E-state index contributed by atoms with van der Waals surface area (Å²) in [5, 5.41) is 0.479. The Morgan fingerprint density at radius 1 is 0.897 bits per heavy atom. The lowest BCUT2D eigenvalue weighted by Crippen LogP contribution is -2.33. The fourth-order valence-electron chi connectivity index (χ4n) is 2.82. The third-order valence-corrected chi connectivity index (χ3v) is 9.26. The zero-order chi connectivity index (χ0) is 20.9. The summed E-state index contributed by atoms with van der Waals surface area (Å²) in [5.41, 5.74) is 1.20. The van der Waals surface area contributed by atoms with Crippen LogP contribution in [0.15, 0.2) is 76.3 Å². The summed E-state index contributed by atoms with van der Waals surface area (Å²) in [7, 11) is -7.55. The van der Waals surface area contributed by atoms with Crippen LogP contribution in [0, 0.1) is 5.82 Å². The van der Waals surface area contributed by atoms with Crippen molar-refractivity contribution < 1.29 is 21.2 Å². The molecule has 2 aromatic carbocycles. The van der Waals surface area contributed by atoms with Crippen LogP contribution in [0.25, 0.3) is 0 Å². The van der Waals surface area contributed by atoms with E-state index >= 15 is 0 Å². The molecule has 0 amide bonds. The van der Waals surface area contributed by atoms with Crippen LogP contribution >= 0.6 is 11.3 Å². The molecule has 3 aromatic rings. The molecule has 1 atom stereocenters. The average Bonchev–Trinajstić information content (AvgIpc) is 3.24. The van der Waals surface area contributed by atoms with E-state index in [1.165, 1.54) is 18.2 Å². The molecule has 0 spiro atoms. The van der Waals surface area contributed by atoms with Crippen molar-refractivity contribution in [3.8, 4) is 0 Å². The highest BCUT2D eigenvalue weighted by atomic mass is 32.2. The van der Waals surface area contributed by atoms with Gasteiger partial charge in [-0.2, -0.15) is 0 Å². The third kappa shape index (κ3) is 5.72. The monoisotopic (exact) mass is 453 g/mol. The second-order valence-corrected chi connectivity index (χ2v) is 11.7. The van der Waals surface area contributed by atoms with Gasteiger partial charge in [0.05, 0.1) is 5.75 Å². The Morgan fingerprint density at radius 3 is 2.21 bits per heavy atom. The predicted molar refractivity (Wildman–Crippen MR) is 113 cm³/mol. The number of sulfonamides is 1. The Labute approximate surface area is 174 Å². The minimum absolute atomic E-state index is 0.135. The Morgan fingerprint density at radius 2 is 1.59 bits per heavy atom. The van der Waals surface area contributed by atoms with Crippen molar-refractivity contribution in [1.82, 2.24) is 4.72 Å². The first-order chi connectivity index (χ1) is 13.8. The molecule has 9 heteroatoms. The third-order valence-electron chi connectivity index (χ3n) is 4.38. The summed E-state index contributed by atoms with van der Waals surface area (Å²) < 4.78 is 66.8. The molecule has 1 heterocycles. The van der Waals surface area contributed by atoms with E-state index in [2.05, 4.69) is 4.72 Å². The molecule has 1 N–H and O–H groups in total. The maximum atomic E-state index is 13.3. The van der Waals surface area contributed by atoms with Crippen molar-refractivity contribution in [2.24, 2.45) is 0 Å². The van der Waals surface area contributed by atoms with E-state index in [1.807, 2.05) is 30.3 Å². The van der Waals surface area contributed by atoms with E-state index in [-0.39, 0.29) is 16.5 Å². The molecule has 0 aliphatic heterocycles. The zero-order valence-corrected chi connectivity index (χ0v) is 17.8. The topological polar surface area (TPSA) is 80.3 Å². The van der Waals surface area contributed by atoms with Gasteiger partial charge in [-0.3, -0.25) is 0 Å². The lowest BCUT2D eigenvalue weighted by Gasteiger charge is -2.18. The number of nitrogens with one attached hydrogen (secondary N) is 1. The van der Waals surface area contributed by atoms with Crippen molar-refractivity contribution in [2.75, 3.05) is 12.3 Å². The first-order valence-corrected chi connectivity index (χ1v) is 12.9. The van der Waals surface area contributed by atoms with Crippen LogP contribution in [0.5, 0.6) is 0 Å². The van der Waals surface area contributed by atoms with E-state index in [1.54, 1.807) is 11.4 Å². The van der Waals surface area contributed by atoms with E-state index in [4.69, 9.17) is 0 Å². The van der Waals surface area contributed by atoms with Crippen LogP contribution in [0.3, 0.4) is 0 Å². The number of halogens is 1. The van der Waals surface area contributed by atoms with Gasteiger partial charge in [-0.1, -0.05) is 48.5 Å². The van der Waals surface area contributed by atoms with Gasteiger partial charge < -0.3 is 0 Å². The predicted octanol–water partition coefficient (Wildman–Crippen LogP) is 3.56. The van der Waals surface area contributed by atoms with Gasteiger partial charge in [-0.15, -0.1) is 11.3 Å². The number of hydrogen-bond donors (Lipinski definition) is 1. The van der Waals surface area contributed by atoms with Crippen LogP contribution in [0.1, 0.15) is 16.4 Å². The number of rotatable bonds is 9. The summed E-state index contributed by atoms with van der Waals surface area (Å²) in [6.45, 7) is -0.330. The number of sulfone groups is 1. The molecule has 0 radical (unpaired) electrons. The second-order valence-electron chi connectivity index (χ2n) is 6.42. The van der Waals surface area contributed by atoms with Crippen LogP contribution < -0.4 is 4.72 Å². The molecule has 0 aliphatic rings. The first-order valence-electron chi connectivity index (χ1n) is 8.82. The van der Waals surface area contributed by atoms with Crippen molar-refractivity contribution >= 4 is 31.2 Å². The zero-order valence-electron chi connectivity index (χ0n) is 15.4. The van der Waals surface area contributed by atoms with E-state index in [0.717, 1.165) is 29.0 Å². The highest BCUT2D eigenvalue weighted by Crippen LogP contribution is 2.31. The SMILES string of the molecule is O=S(=O)(CCc1ccccc1)NC[C@H](c1ccc(F)cc1)S(=O)(=O)c1cccs1. The summed E-state index contributed by atoms with van der Waals surface area (Å²) in [5.74, 6) is -0.656. The van der Waals surface area contributed by atoms with Gasteiger partial charge in [0.15, 0.2) is 9.84 Å². The van der Waals surface area contributed by atoms with Gasteiger partial charge in [0, 0.05) is 6.54 Å². The summed E-state index contributed by atoms with van der Waals surface area (Å²) in [4.78, 5) is 0. The molecule has 5 nitrogen and oxygen atoms in total. The molecule has 3 rings (SSSR count). The number of hydrogen-bond acceptors (Lipinski definition) is 5. The lowest BCUT2D eigenvalue weighted by atomic mass is 10.1. The second kappa shape index (κ2) is 9.17. The highest BCUT2D eigenvalue weighted by Gasteiger charge is 2.31. The molecule has 29 heavy (non-hydrogen) atoms. The number of aryl methyl sites for hydroxylation is 1. The molecular formula is C20H20FNO4S3. The Hall–Kier alpha value is -2.07. The van der Waals surface area contributed by atoms with Crippen molar-refractivity contribution in [1.29, 1.82) is 0 Å². The maximum absolute atomic E-state index is 13.3. The first kappa shape index (κ1) is 21.6. The molecule has 0 fully saturated rings. The quantitative estimate of drug-likeness (QED) is 0.537. The van der Waals surface area contributed by atoms with Gasteiger partial charge in [0.2, 0.25) is 10.0 Å². The lowest BCUT2D eigenvalue weighted by molar-refractivity contribution is 0.568. The van der Waals surface area contributed by atoms with Crippen LogP contribution in [0.4, 0.5) is 4.39 Å². The standard InChI is InChI=1S/C20H20FNO4S3/c21-18-10-8-17(9-11-18)19(29(25,26)20-7-4-13-27-20)15-22-28(23,24)14-12-16-5-2-1-3-6-16/h1-11,13,19,22H,12,14-15H2/t19-/m1/s1. The van der Waals surface area contributed by atoms with Crippen LogP contribution in [0.2, 0.25) is 0 Å². The Balaban J connectivity index is 1.79. The van der Waals surface area contributed by atoms with Gasteiger partial charge in [-0.25, -0.2) is 25.9 Å². The van der Waals surface area contributed by atoms with Crippen molar-refractivity contribution in [3.63, 3.8) is 0 Å². The summed E-state index contributed by atoms with van der Waals surface area (Å²) >= 11 is 1.06. The van der Waals surface area contributed by atoms with Gasteiger partial charge >= 0.3 is 0 Å². The molecular weight excluding hydrogens is 433 g/mol. The summed E-state index contributed by atoms with van der Waals surface area (Å²) in [6.07, 6.45) is 0.315. The fraction of sp³-hybridized carbons (Fsp3) is 0.200. The molecule has 1 aromatic heterocycles. The minimum atomic E-state index is -3.84. The maximum Gasteiger partial charge on any atom is 0.211 e. The highest BCUT2D eigenvalue weighted by molar-refractivity contribution is 7.93. The smallest absolute Gasteiger partial charge is 0.211 e. The van der Waals surface area contributed by atoms with Gasteiger partial charge in [-0.05, 0) is 41.1 Å². The average molecular weight is 454 g/mol. The summed E-state index contributed by atoms with van der Waals surface area (Å²) in [6, 6.07) is 17.3.